The fourth-order valence-electron chi connectivity index (χ4n) is 4.91. The molecular formula is C24H33BrN6O3. The lowest BCUT2D eigenvalue weighted by Crippen LogP contribution is -2.46. The molecule has 4 rings (SSSR count). The molecular weight excluding hydrogens is 500 g/mol. The molecule has 0 radical (unpaired) electrons. The lowest BCUT2D eigenvalue weighted by molar-refractivity contribution is -0.135. The van der Waals surface area contributed by atoms with Crippen LogP contribution in [0.3, 0.4) is 0 Å². The number of aliphatic hydroxyl groups is 1. The normalized spacial score (nSPS) is 24.2. The highest BCUT2D eigenvalue weighted by Gasteiger charge is 2.34. The van der Waals surface area contributed by atoms with E-state index in [2.05, 4.69) is 36.5 Å². The van der Waals surface area contributed by atoms with Crippen LogP contribution >= 0.6 is 15.9 Å². The highest BCUT2D eigenvalue weighted by molar-refractivity contribution is 9.10. The summed E-state index contributed by atoms with van der Waals surface area (Å²) in [5, 5.41) is 21.8. The third-order valence-corrected chi connectivity index (χ3v) is 7.11. The van der Waals surface area contributed by atoms with Crippen LogP contribution in [-0.2, 0) is 16.0 Å². The average Bonchev–Trinajstić information content (AvgIpc) is 3.44. The predicted octanol–water partition coefficient (Wildman–Crippen LogP) is 2.08. The Morgan fingerprint density at radius 3 is 2.91 bits per heavy atom. The molecule has 3 atom stereocenters. The smallest absolute Gasteiger partial charge is 0.249 e. The van der Waals surface area contributed by atoms with Crippen LogP contribution in [0, 0.1) is 0 Å². The predicted molar refractivity (Wildman–Crippen MR) is 131 cm³/mol. The van der Waals surface area contributed by atoms with Gasteiger partial charge in [0.15, 0.2) is 0 Å². The van der Waals surface area contributed by atoms with Gasteiger partial charge in [0.05, 0.1) is 17.3 Å². The fourth-order valence-corrected chi connectivity index (χ4v) is 5.33. The second-order valence-electron chi connectivity index (χ2n) is 9.73. The SMILES string of the molecule is CC(=O)NC(C(=O)N1CC[C@H](n2cc(CCN3CCCC(C)(O)C3)nn2)C1)c1cccc(Br)c1. The highest BCUT2D eigenvalue weighted by Crippen LogP contribution is 2.26. The Kier molecular flexibility index (Phi) is 7.69. The van der Waals surface area contributed by atoms with Gasteiger partial charge in [-0.3, -0.25) is 9.59 Å². The highest BCUT2D eigenvalue weighted by atomic mass is 79.9. The first-order chi connectivity index (χ1) is 16.2. The maximum atomic E-state index is 13.3. The van der Waals surface area contributed by atoms with Crippen LogP contribution < -0.4 is 5.32 Å². The Labute approximate surface area is 208 Å². The summed E-state index contributed by atoms with van der Waals surface area (Å²) in [5.41, 5.74) is 1.05. The molecule has 34 heavy (non-hydrogen) atoms. The monoisotopic (exact) mass is 532 g/mol. The third-order valence-electron chi connectivity index (χ3n) is 6.62. The third kappa shape index (κ3) is 6.22. The molecule has 10 heteroatoms. The number of nitrogens with zero attached hydrogens (tertiary/aromatic N) is 5. The molecule has 2 aliphatic rings. The van der Waals surface area contributed by atoms with Gasteiger partial charge in [0.1, 0.15) is 6.04 Å². The minimum atomic E-state index is -0.721. The van der Waals surface area contributed by atoms with Crippen molar-refractivity contribution in [3.05, 3.63) is 46.2 Å². The number of nitrogens with one attached hydrogen (secondary N) is 1. The van der Waals surface area contributed by atoms with Gasteiger partial charge in [0, 0.05) is 50.2 Å². The van der Waals surface area contributed by atoms with Crippen LogP contribution in [-0.4, -0.2) is 80.0 Å². The molecule has 1 aromatic heterocycles. The van der Waals surface area contributed by atoms with Gasteiger partial charge in [-0.1, -0.05) is 33.3 Å². The Hall–Kier alpha value is -2.30. The summed E-state index contributed by atoms with van der Waals surface area (Å²) in [6.07, 6.45) is 5.39. The Morgan fingerprint density at radius 1 is 1.35 bits per heavy atom. The summed E-state index contributed by atoms with van der Waals surface area (Å²) in [5.74, 6) is -0.363. The van der Waals surface area contributed by atoms with Crippen molar-refractivity contribution in [2.75, 3.05) is 32.7 Å². The van der Waals surface area contributed by atoms with Crippen molar-refractivity contribution < 1.29 is 14.7 Å². The molecule has 0 bridgehead atoms. The summed E-state index contributed by atoms with van der Waals surface area (Å²) >= 11 is 3.44. The minimum Gasteiger partial charge on any atom is -0.389 e. The van der Waals surface area contributed by atoms with Gasteiger partial charge in [-0.25, -0.2) is 4.68 Å². The largest absolute Gasteiger partial charge is 0.389 e. The Bertz CT molecular complexity index is 1030. The summed E-state index contributed by atoms with van der Waals surface area (Å²) < 4.78 is 2.72. The number of hydrogen-bond acceptors (Lipinski definition) is 6. The number of carbonyl (C=O) groups is 2. The van der Waals surface area contributed by atoms with Crippen molar-refractivity contribution in [2.45, 2.75) is 57.2 Å². The van der Waals surface area contributed by atoms with Gasteiger partial charge in [0.25, 0.3) is 0 Å². The zero-order valence-corrected chi connectivity index (χ0v) is 21.4. The molecule has 2 amide bonds. The average molecular weight is 533 g/mol. The maximum Gasteiger partial charge on any atom is 0.249 e. The quantitative estimate of drug-likeness (QED) is 0.565. The van der Waals surface area contributed by atoms with Crippen LogP contribution in [0.15, 0.2) is 34.9 Å². The van der Waals surface area contributed by atoms with Gasteiger partial charge >= 0.3 is 0 Å². The zero-order valence-electron chi connectivity index (χ0n) is 19.8. The molecule has 0 spiro atoms. The fraction of sp³-hybridized carbons (Fsp3) is 0.583. The van der Waals surface area contributed by atoms with Gasteiger partial charge in [-0.15, -0.1) is 5.10 Å². The number of amides is 2. The topological polar surface area (TPSA) is 104 Å². The van der Waals surface area contributed by atoms with Gasteiger partial charge in [-0.05, 0) is 50.4 Å². The second kappa shape index (κ2) is 10.5. The molecule has 2 aromatic rings. The van der Waals surface area contributed by atoms with E-state index in [1.165, 1.54) is 6.92 Å². The van der Waals surface area contributed by atoms with Crippen LogP contribution in [0.2, 0.25) is 0 Å². The second-order valence-corrected chi connectivity index (χ2v) is 10.6. The summed E-state index contributed by atoms with van der Waals surface area (Å²) in [4.78, 5) is 29.2. The number of carbonyl (C=O) groups excluding carboxylic acids is 2. The number of likely N-dealkylation sites (tertiary alicyclic amines) is 2. The minimum absolute atomic E-state index is 0.0569. The number of hydrogen-bond donors (Lipinski definition) is 2. The van der Waals surface area contributed by atoms with Crippen LogP contribution in [0.1, 0.15) is 56.5 Å². The van der Waals surface area contributed by atoms with E-state index >= 15 is 0 Å². The Morgan fingerprint density at radius 2 is 2.18 bits per heavy atom. The number of benzene rings is 1. The molecule has 3 heterocycles. The van der Waals surface area contributed by atoms with Crippen LogP contribution in [0.25, 0.3) is 0 Å². The van der Waals surface area contributed by atoms with E-state index < -0.39 is 11.6 Å². The van der Waals surface area contributed by atoms with Crippen molar-refractivity contribution in [3.63, 3.8) is 0 Å². The van der Waals surface area contributed by atoms with Crippen LogP contribution in [0.4, 0.5) is 0 Å². The van der Waals surface area contributed by atoms with E-state index in [1.807, 2.05) is 42.1 Å². The molecule has 184 valence electrons. The zero-order chi connectivity index (χ0) is 24.3. The first-order valence-electron chi connectivity index (χ1n) is 11.9. The van der Waals surface area contributed by atoms with Crippen LogP contribution in [0.5, 0.6) is 0 Å². The maximum absolute atomic E-state index is 13.3. The first-order valence-corrected chi connectivity index (χ1v) is 12.7. The lowest BCUT2D eigenvalue weighted by atomic mass is 9.95. The Balaban J connectivity index is 1.36. The molecule has 0 aliphatic carbocycles. The molecule has 0 saturated carbocycles. The standard InChI is InChI=1S/C24H33BrN6O3/c1-17(32)26-22(18-5-3-6-19(25)13-18)23(33)30-12-8-21(15-30)31-14-20(27-28-31)7-11-29-10-4-9-24(2,34)16-29/h3,5-6,13-14,21-22,34H,4,7-12,15-16H2,1-2H3,(H,26,32)/t21-,22?,24?/m0/s1. The number of piperidine rings is 1. The number of rotatable bonds is 7. The summed E-state index contributed by atoms with van der Waals surface area (Å²) in [7, 11) is 0. The summed E-state index contributed by atoms with van der Waals surface area (Å²) in [6.45, 7) is 6.98. The van der Waals surface area contributed by atoms with Gasteiger partial charge in [-0.2, -0.15) is 0 Å². The molecule has 9 nitrogen and oxygen atoms in total. The van der Waals surface area contributed by atoms with Crippen molar-refractivity contribution in [1.29, 1.82) is 0 Å². The van der Waals surface area contributed by atoms with E-state index in [1.54, 1.807) is 4.90 Å². The molecule has 1 aromatic carbocycles. The lowest BCUT2D eigenvalue weighted by Gasteiger charge is -2.36. The first kappa shape index (κ1) is 24.8. The molecule has 2 N–H and O–H groups in total. The number of aromatic nitrogens is 3. The molecule has 2 saturated heterocycles. The van der Waals surface area contributed by atoms with Crippen molar-refractivity contribution >= 4 is 27.7 Å². The van der Waals surface area contributed by atoms with E-state index in [0.717, 1.165) is 54.5 Å². The van der Waals surface area contributed by atoms with Gasteiger partial charge in [0.2, 0.25) is 11.8 Å². The molecule has 2 unspecified atom stereocenters. The molecule has 2 aliphatic heterocycles. The van der Waals surface area contributed by atoms with E-state index in [0.29, 0.717) is 19.6 Å². The van der Waals surface area contributed by atoms with Gasteiger partial charge < -0.3 is 20.2 Å². The van der Waals surface area contributed by atoms with E-state index in [4.69, 9.17) is 0 Å². The molecule has 2 fully saturated rings. The van der Waals surface area contributed by atoms with Crippen molar-refractivity contribution in [2.24, 2.45) is 0 Å². The van der Waals surface area contributed by atoms with Crippen molar-refractivity contribution in [3.8, 4) is 0 Å². The van der Waals surface area contributed by atoms with Crippen molar-refractivity contribution in [1.82, 2.24) is 30.1 Å². The number of β-amino-alcohol motifs (C(OH)–C–C–N with tert-alkyl or cyclic N) is 1. The van der Waals surface area contributed by atoms with E-state index in [9.17, 15) is 14.7 Å². The number of halogens is 1. The summed E-state index contributed by atoms with van der Waals surface area (Å²) in [6, 6.07) is 6.79. The van der Waals surface area contributed by atoms with E-state index in [-0.39, 0.29) is 17.9 Å².